The molecule has 3 heterocycles. The average Bonchev–Trinajstić information content (AvgIpc) is 3.20. The van der Waals surface area contributed by atoms with Crippen molar-refractivity contribution in [2.45, 2.75) is 177 Å². The Labute approximate surface area is 376 Å². The fraction of sp³-hybridized carbons (Fsp3) is 0.660. The van der Waals surface area contributed by atoms with Crippen molar-refractivity contribution >= 4 is 11.9 Å². The van der Waals surface area contributed by atoms with Gasteiger partial charge in [-0.1, -0.05) is 98.9 Å². The molecule has 64 heavy (non-hydrogen) atoms. The fourth-order valence-electron chi connectivity index (χ4n) is 7.86. The molecule has 18 atom stereocenters. The summed E-state index contributed by atoms with van der Waals surface area (Å²) < 4.78 is 23.2. The lowest BCUT2D eigenvalue weighted by Gasteiger charge is -2.45. The minimum atomic E-state index is -2.25. The van der Waals surface area contributed by atoms with Crippen LogP contribution >= 0.6 is 0 Å². The van der Waals surface area contributed by atoms with Crippen molar-refractivity contribution in [3.05, 3.63) is 85.1 Å². The summed E-state index contributed by atoms with van der Waals surface area (Å²) in [6, 6.07) is -1.13. The van der Waals surface area contributed by atoms with Crippen LogP contribution in [0, 0.1) is 17.8 Å². The molecule has 2 saturated heterocycles. The van der Waals surface area contributed by atoms with Crippen LogP contribution in [0.25, 0.3) is 0 Å². The Morgan fingerprint density at radius 1 is 0.719 bits per heavy atom. The molecular formula is C47H73NO16. The number of rotatable bonds is 3. The van der Waals surface area contributed by atoms with Gasteiger partial charge in [0.2, 0.25) is 0 Å². The van der Waals surface area contributed by atoms with E-state index in [1.165, 1.54) is 12.2 Å². The van der Waals surface area contributed by atoms with Crippen molar-refractivity contribution < 1.29 is 79.6 Å². The number of allylic oxidation sites excluding steroid dienone is 10. The number of cyclic esters (lactones) is 1. The number of carboxylic acids is 1. The monoisotopic (exact) mass is 907 g/mol. The highest BCUT2D eigenvalue weighted by Gasteiger charge is 2.51. The number of esters is 1. The second-order valence-corrected chi connectivity index (χ2v) is 17.4. The maximum Gasteiger partial charge on any atom is 0.311 e. The Hall–Kier alpha value is -3.40. The van der Waals surface area contributed by atoms with E-state index in [1.807, 2.05) is 49.5 Å². The molecule has 0 unspecified atom stereocenters. The number of aliphatic carboxylic acids is 1. The summed E-state index contributed by atoms with van der Waals surface area (Å²) in [6.07, 6.45) is 8.11. The number of hydrogen-bond acceptors (Lipinski definition) is 16. The van der Waals surface area contributed by atoms with Gasteiger partial charge in [-0.15, -0.1) is 0 Å². The number of aliphatic hydroxyl groups excluding tert-OH is 8. The molecule has 12 N–H and O–H groups in total. The van der Waals surface area contributed by atoms with Gasteiger partial charge >= 0.3 is 11.9 Å². The Morgan fingerprint density at radius 2 is 1.34 bits per heavy atom. The van der Waals surface area contributed by atoms with Crippen LogP contribution in [0.4, 0.5) is 0 Å². The number of aliphatic hydroxyl groups is 9. The van der Waals surface area contributed by atoms with Gasteiger partial charge in [0.15, 0.2) is 12.1 Å². The topological polar surface area (TPSA) is 299 Å². The molecular weight excluding hydrogens is 835 g/mol. The van der Waals surface area contributed by atoms with E-state index in [1.54, 1.807) is 51.2 Å². The second-order valence-electron chi connectivity index (χ2n) is 17.4. The molecule has 0 saturated carbocycles. The van der Waals surface area contributed by atoms with Gasteiger partial charge in [-0.3, -0.25) is 9.59 Å². The van der Waals surface area contributed by atoms with E-state index in [-0.39, 0.29) is 38.0 Å². The zero-order valence-electron chi connectivity index (χ0n) is 37.3. The van der Waals surface area contributed by atoms with Crippen LogP contribution in [0.2, 0.25) is 0 Å². The smallest absolute Gasteiger partial charge is 0.311 e. The Bertz CT molecular complexity index is 1630. The van der Waals surface area contributed by atoms with Gasteiger partial charge < -0.3 is 75.7 Å². The summed E-state index contributed by atoms with van der Waals surface area (Å²) in [5, 5.41) is 107. The Balaban J connectivity index is 1.84. The number of carboxylic acid groups (broad SMARTS) is 1. The van der Waals surface area contributed by atoms with E-state index in [0.717, 1.165) is 12.8 Å². The summed E-state index contributed by atoms with van der Waals surface area (Å²) >= 11 is 0. The van der Waals surface area contributed by atoms with Gasteiger partial charge in [0.25, 0.3) is 0 Å². The van der Waals surface area contributed by atoms with Crippen molar-refractivity contribution in [1.82, 2.24) is 0 Å². The third kappa shape index (κ3) is 18.5. The molecule has 0 aromatic heterocycles. The summed E-state index contributed by atoms with van der Waals surface area (Å²) in [5.74, 6) is -6.57. The van der Waals surface area contributed by atoms with E-state index in [9.17, 15) is 60.7 Å². The van der Waals surface area contributed by atoms with Gasteiger partial charge in [-0.2, -0.15) is 0 Å². The lowest BCUT2D eigenvalue weighted by molar-refractivity contribution is -0.308. The van der Waals surface area contributed by atoms with Gasteiger partial charge in [0.05, 0.1) is 73.5 Å². The van der Waals surface area contributed by atoms with Crippen LogP contribution in [0.3, 0.4) is 0 Å². The molecule has 362 valence electrons. The molecule has 3 aliphatic heterocycles. The van der Waals surface area contributed by atoms with E-state index < -0.39 is 128 Å². The third-order valence-corrected chi connectivity index (χ3v) is 11.8. The number of ether oxygens (including phenoxy) is 4. The maximum absolute atomic E-state index is 12.6. The summed E-state index contributed by atoms with van der Waals surface area (Å²) in [5.41, 5.74) is 6.02. The lowest BCUT2D eigenvalue weighted by atomic mass is 9.83. The highest BCUT2D eigenvalue weighted by molar-refractivity contribution is 5.71. The van der Waals surface area contributed by atoms with E-state index in [0.29, 0.717) is 0 Å². The fourth-order valence-corrected chi connectivity index (χ4v) is 7.86. The number of fused-ring (bicyclic) bond motifs is 2. The maximum atomic E-state index is 12.6. The van der Waals surface area contributed by atoms with Crippen LogP contribution < -0.4 is 5.73 Å². The van der Waals surface area contributed by atoms with Crippen molar-refractivity contribution in [2.24, 2.45) is 23.5 Å². The van der Waals surface area contributed by atoms with Gasteiger partial charge in [0, 0.05) is 43.9 Å². The molecule has 2 fully saturated rings. The highest BCUT2D eigenvalue weighted by Crippen LogP contribution is 2.38. The van der Waals surface area contributed by atoms with Crippen LogP contribution in [0.15, 0.2) is 85.1 Å². The largest absolute Gasteiger partial charge is 0.481 e. The summed E-state index contributed by atoms with van der Waals surface area (Å²) in [7, 11) is 0. The van der Waals surface area contributed by atoms with Crippen LogP contribution in [0.1, 0.15) is 85.5 Å². The molecule has 0 spiro atoms. The molecule has 0 aliphatic carbocycles. The summed E-state index contributed by atoms with van der Waals surface area (Å²) in [6.45, 7) is 6.84. The number of nitrogens with two attached hydrogens (primary N) is 1. The molecule has 17 heteroatoms. The molecule has 0 aromatic carbocycles. The van der Waals surface area contributed by atoms with Crippen LogP contribution in [-0.2, 0) is 28.5 Å². The van der Waals surface area contributed by atoms with Crippen molar-refractivity contribution in [3.63, 3.8) is 0 Å². The third-order valence-electron chi connectivity index (χ3n) is 11.8. The molecule has 2 bridgehead atoms. The number of carbonyl (C=O) groups excluding carboxylic acids is 1. The van der Waals surface area contributed by atoms with Crippen molar-refractivity contribution in [2.75, 3.05) is 0 Å². The first-order valence-corrected chi connectivity index (χ1v) is 22.2. The molecule has 0 radical (unpaired) electrons. The zero-order valence-corrected chi connectivity index (χ0v) is 37.3. The van der Waals surface area contributed by atoms with Crippen LogP contribution in [-0.4, -0.2) is 154 Å². The standard InChI is InChI=1S/C47H73NO16/c1-28-18-15-13-11-9-7-5-6-8-10-12-14-16-21-36(63-46-44(57)41(48)43(56)31(4)62-46)25-38-40(45(58)59)37(53)27-47(60,64-38)26-35(52)23-33(50)20-17-19-32(49)22-34(51)24-39(54)61-30(3)29(2)42(28)55/h5-6,8,10-18,20-21,28-38,40-44,46,49-53,55-57,60H,7,9,19,22-27,48H2,1-4H3,(H,58,59)/b6-5+,10-8+,13-11+,14-12+,18-15+,20-17+,21-16+/t28-,29-,30-,31-,32+,33-,34+,35-,36-,37-,38-,40+,41-,42+,43+,44-,46-,47+/m0/s1. The van der Waals surface area contributed by atoms with E-state index in [4.69, 9.17) is 24.7 Å². The first kappa shape index (κ1) is 54.9. The molecule has 3 aliphatic rings. The highest BCUT2D eigenvalue weighted by atomic mass is 16.7. The predicted octanol–water partition coefficient (Wildman–Crippen LogP) is 1.74. The lowest BCUT2D eigenvalue weighted by Crippen LogP contribution is -2.61. The number of hydrogen-bond donors (Lipinski definition) is 11. The van der Waals surface area contributed by atoms with Gasteiger partial charge in [0.1, 0.15) is 18.1 Å². The molecule has 17 nitrogen and oxygen atoms in total. The first-order chi connectivity index (χ1) is 30.2. The van der Waals surface area contributed by atoms with Crippen molar-refractivity contribution in [1.29, 1.82) is 0 Å². The second kappa shape index (κ2) is 27.3. The molecule has 0 aromatic rings. The minimum Gasteiger partial charge on any atom is -0.481 e. The van der Waals surface area contributed by atoms with Crippen LogP contribution in [0.5, 0.6) is 0 Å². The first-order valence-electron chi connectivity index (χ1n) is 22.2. The average molecular weight is 908 g/mol. The quantitative estimate of drug-likeness (QED) is 0.142. The minimum absolute atomic E-state index is 0.0213. The molecule has 3 rings (SSSR count). The molecule has 0 amide bonds. The predicted molar refractivity (Wildman–Crippen MR) is 236 cm³/mol. The van der Waals surface area contributed by atoms with Crippen molar-refractivity contribution in [3.8, 4) is 0 Å². The Morgan fingerprint density at radius 3 is 2.02 bits per heavy atom. The normalized spacial score (nSPS) is 44.8. The van der Waals surface area contributed by atoms with E-state index >= 15 is 0 Å². The zero-order chi connectivity index (χ0) is 47.6. The summed E-state index contributed by atoms with van der Waals surface area (Å²) in [4.78, 5) is 25.0. The SMILES string of the molecule is C[C@@H]1[C@H](O)[C@@H](C)/C=C/C=C/CC/C=C/C=C/C=C/C=C/[C@H](O[C@@H]2O[C@@H](C)[C@@H](O)[C@H](N)[C@@H]2O)C[C@@H]2O[C@](O)(C[C@@H](O)C[C@@H](O)/C=C/C[C@@H](O)C[C@@H](O)CC(=O)O[C@H]1C)C[C@H](O)[C@H]2C(=O)O. The number of carbonyl (C=O) groups is 2. The van der Waals surface area contributed by atoms with Gasteiger partial charge in [-0.25, -0.2) is 0 Å². The Kier molecular flexibility index (Phi) is 23.4. The van der Waals surface area contributed by atoms with Gasteiger partial charge in [-0.05, 0) is 33.1 Å². The van der Waals surface area contributed by atoms with E-state index in [2.05, 4.69) is 0 Å².